The number of imidazole rings is 1. The van der Waals surface area contributed by atoms with Crippen molar-refractivity contribution in [2.24, 2.45) is 0 Å². The Balaban J connectivity index is 2.27. The first kappa shape index (κ1) is 7.65. The number of aromatic amines is 1. The summed E-state index contributed by atoms with van der Waals surface area (Å²) in [4.78, 5) is 7.44. The zero-order valence-corrected chi connectivity index (χ0v) is 7.43. The first-order valence-electron chi connectivity index (χ1n) is 4.65. The van der Waals surface area contributed by atoms with Crippen LogP contribution in [0, 0.1) is 0 Å². The zero-order valence-electron chi connectivity index (χ0n) is 7.43. The van der Waals surface area contributed by atoms with Crippen molar-refractivity contribution in [3.8, 4) is 0 Å². The Morgan fingerprint density at radius 1 is 1.58 bits per heavy atom. The van der Waals surface area contributed by atoms with Gasteiger partial charge in [0.2, 0.25) is 0 Å². The van der Waals surface area contributed by atoms with Crippen molar-refractivity contribution in [1.29, 1.82) is 0 Å². The molecule has 12 heavy (non-hydrogen) atoms. The average Bonchev–Trinajstić information content (AvgIpc) is 2.27. The third kappa shape index (κ3) is 1.09. The van der Waals surface area contributed by atoms with Crippen LogP contribution in [-0.4, -0.2) is 9.97 Å². The van der Waals surface area contributed by atoms with Crippen molar-refractivity contribution in [2.45, 2.75) is 38.5 Å². The predicted molar refractivity (Wildman–Crippen MR) is 49.0 cm³/mol. The molecule has 0 aromatic carbocycles. The predicted octanol–water partition coefficient (Wildman–Crippen LogP) is 1.82. The second-order valence-electron chi connectivity index (χ2n) is 3.47. The summed E-state index contributed by atoms with van der Waals surface area (Å²) >= 11 is 0. The summed E-state index contributed by atoms with van der Waals surface area (Å²) in [6.45, 7) is 2.13. The van der Waals surface area contributed by atoms with Gasteiger partial charge in [0, 0.05) is 11.6 Å². The molecule has 0 radical (unpaired) electrons. The lowest BCUT2D eigenvalue weighted by Gasteiger charge is -2.24. The first-order chi connectivity index (χ1) is 5.81. The summed E-state index contributed by atoms with van der Waals surface area (Å²) in [5, 5.41) is 0. The largest absolute Gasteiger partial charge is 0.369 e. The van der Waals surface area contributed by atoms with E-state index in [0.29, 0.717) is 11.9 Å². The molecule has 1 aromatic heterocycles. The minimum atomic E-state index is 0.578. The lowest BCUT2D eigenvalue weighted by Crippen LogP contribution is -2.11. The molecule has 0 spiro atoms. The minimum absolute atomic E-state index is 0.578. The van der Waals surface area contributed by atoms with Crippen LogP contribution in [0.15, 0.2) is 0 Å². The second kappa shape index (κ2) is 2.81. The molecule has 0 aliphatic heterocycles. The van der Waals surface area contributed by atoms with Crippen LogP contribution in [0.4, 0.5) is 5.95 Å². The Morgan fingerprint density at radius 2 is 2.33 bits per heavy atom. The molecule has 1 aliphatic rings. The van der Waals surface area contributed by atoms with Crippen LogP contribution in [0.5, 0.6) is 0 Å². The van der Waals surface area contributed by atoms with Gasteiger partial charge >= 0.3 is 0 Å². The number of nitrogens with zero attached hydrogens (tertiary/aromatic N) is 1. The van der Waals surface area contributed by atoms with Gasteiger partial charge in [0.05, 0.1) is 5.69 Å². The highest BCUT2D eigenvalue weighted by molar-refractivity contribution is 5.29. The van der Waals surface area contributed by atoms with Gasteiger partial charge in [0.15, 0.2) is 5.95 Å². The molecular formula is C9H15N3. The fourth-order valence-corrected chi connectivity index (χ4v) is 1.73. The molecule has 1 aromatic rings. The number of aryl methyl sites for hydroxylation is 1. The quantitative estimate of drug-likeness (QED) is 0.702. The molecule has 0 amide bonds. The standard InChI is InChI=1S/C9H15N3/c1-2-7-8(6-4-3-5-6)12-9(10)11-7/h6H,2-5H2,1H3,(H3,10,11,12). The van der Waals surface area contributed by atoms with E-state index in [2.05, 4.69) is 16.9 Å². The van der Waals surface area contributed by atoms with Crippen molar-refractivity contribution in [2.75, 3.05) is 5.73 Å². The lowest BCUT2D eigenvalue weighted by molar-refractivity contribution is 0.410. The fourth-order valence-electron chi connectivity index (χ4n) is 1.73. The summed E-state index contributed by atoms with van der Waals surface area (Å²) in [5.41, 5.74) is 8.06. The highest BCUT2D eigenvalue weighted by Gasteiger charge is 2.24. The Hall–Kier alpha value is -0.990. The summed E-state index contributed by atoms with van der Waals surface area (Å²) in [7, 11) is 0. The van der Waals surface area contributed by atoms with Crippen LogP contribution >= 0.6 is 0 Å². The normalized spacial score (nSPS) is 17.8. The summed E-state index contributed by atoms with van der Waals surface area (Å²) in [6.07, 6.45) is 4.94. The Morgan fingerprint density at radius 3 is 2.83 bits per heavy atom. The molecule has 2 rings (SSSR count). The fraction of sp³-hybridized carbons (Fsp3) is 0.667. The van der Waals surface area contributed by atoms with Crippen molar-refractivity contribution < 1.29 is 0 Å². The second-order valence-corrected chi connectivity index (χ2v) is 3.47. The lowest BCUT2D eigenvalue weighted by atomic mass is 9.82. The van der Waals surface area contributed by atoms with Gasteiger partial charge in [0.25, 0.3) is 0 Å². The smallest absolute Gasteiger partial charge is 0.197 e. The van der Waals surface area contributed by atoms with E-state index in [1.807, 2.05) is 0 Å². The van der Waals surface area contributed by atoms with Gasteiger partial charge in [-0.3, -0.25) is 0 Å². The average molecular weight is 165 g/mol. The molecule has 1 fully saturated rings. The summed E-state index contributed by atoms with van der Waals surface area (Å²) < 4.78 is 0. The molecule has 0 saturated heterocycles. The van der Waals surface area contributed by atoms with Crippen molar-refractivity contribution in [3.63, 3.8) is 0 Å². The van der Waals surface area contributed by atoms with Crippen LogP contribution < -0.4 is 5.73 Å². The third-order valence-corrected chi connectivity index (χ3v) is 2.67. The third-order valence-electron chi connectivity index (χ3n) is 2.67. The zero-order chi connectivity index (χ0) is 8.55. The molecule has 1 saturated carbocycles. The Labute approximate surface area is 72.4 Å². The number of nitrogens with two attached hydrogens (primary N) is 1. The molecule has 0 atom stereocenters. The van der Waals surface area contributed by atoms with Gasteiger partial charge in [0.1, 0.15) is 0 Å². The number of nitrogens with one attached hydrogen (secondary N) is 1. The van der Waals surface area contributed by atoms with Crippen LogP contribution in [0.2, 0.25) is 0 Å². The number of hydrogen-bond donors (Lipinski definition) is 2. The van der Waals surface area contributed by atoms with Gasteiger partial charge in [-0.25, -0.2) is 4.98 Å². The van der Waals surface area contributed by atoms with Gasteiger partial charge in [-0.15, -0.1) is 0 Å². The Bertz CT molecular complexity index is 273. The van der Waals surface area contributed by atoms with E-state index in [1.54, 1.807) is 0 Å². The first-order valence-corrected chi connectivity index (χ1v) is 4.65. The molecule has 0 unspecified atom stereocenters. The number of H-pyrrole nitrogens is 1. The van der Waals surface area contributed by atoms with E-state index < -0.39 is 0 Å². The van der Waals surface area contributed by atoms with Gasteiger partial charge < -0.3 is 10.7 Å². The van der Waals surface area contributed by atoms with E-state index in [9.17, 15) is 0 Å². The number of hydrogen-bond acceptors (Lipinski definition) is 2. The van der Waals surface area contributed by atoms with Crippen LogP contribution in [0.25, 0.3) is 0 Å². The number of anilines is 1. The van der Waals surface area contributed by atoms with Crippen molar-refractivity contribution in [1.82, 2.24) is 9.97 Å². The molecule has 66 valence electrons. The van der Waals surface area contributed by atoms with Crippen molar-refractivity contribution in [3.05, 3.63) is 11.4 Å². The Kier molecular flexibility index (Phi) is 1.79. The van der Waals surface area contributed by atoms with E-state index >= 15 is 0 Å². The number of rotatable bonds is 2. The van der Waals surface area contributed by atoms with Gasteiger partial charge in [-0.2, -0.15) is 0 Å². The molecule has 1 aliphatic carbocycles. The minimum Gasteiger partial charge on any atom is -0.369 e. The highest BCUT2D eigenvalue weighted by Crippen LogP contribution is 2.37. The van der Waals surface area contributed by atoms with E-state index in [4.69, 9.17) is 5.73 Å². The SMILES string of the molecule is CCc1[nH]c(N)nc1C1CCC1. The van der Waals surface area contributed by atoms with E-state index in [-0.39, 0.29) is 0 Å². The maximum Gasteiger partial charge on any atom is 0.197 e. The van der Waals surface area contributed by atoms with Crippen LogP contribution in [0.1, 0.15) is 43.5 Å². The molecule has 3 nitrogen and oxygen atoms in total. The van der Waals surface area contributed by atoms with Gasteiger partial charge in [-0.1, -0.05) is 13.3 Å². The van der Waals surface area contributed by atoms with Crippen molar-refractivity contribution >= 4 is 5.95 Å². The number of aromatic nitrogens is 2. The summed E-state index contributed by atoms with van der Waals surface area (Å²) in [5.74, 6) is 1.27. The maximum absolute atomic E-state index is 5.60. The number of nitrogen functional groups attached to an aromatic ring is 1. The van der Waals surface area contributed by atoms with Gasteiger partial charge in [-0.05, 0) is 19.3 Å². The topological polar surface area (TPSA) is 54.7 Å². The van der Waals surface area contributed by atoms with Crippen LogP contribution in [0.3, 0.4) is 0 Å². The summed E-state index contributed by atoms with van der Waals surface area (Å²) in [6, 6.07) is 0. The molecule has 1 heterocycles. The molecular weight excluding hydrogens is 150 g/mol. The maximum atomic E-state index is 5.60. The van der Waals surface area contributed by atoms with Crippen LogP contribution in [-0.2, 0) is 6.42 Å². The van der Waals surface area contributed by atoms with E-state index in [1.165, 1.54) is 30.7 Å². The molecule has 3 N–H and O–H groups in total. The monoisotopic (exact) mass is 165 g/mol. The molecule has 3 heteroatoms. The van der Waals surface area contributed by atoms with E-state index in [0.717, 1.165) is 6.42 Å². The highest BCUT2D eigenvalue weighted by atomic mass is 15.0. The molecule has 0 bridgehead atoms.